The van der Waals surface area contributed by atoms with E-state index < -0.39 is 5.97 Å². The van der Waals surface area contributed by atoms with Crippen LogP contribution in [0.25, 0.3) is 0 Å². The molecule has 1 fully saturated rings. The molecule has 1 saturated carbocycles. The molecule has 2 atom stereocenters. The molecule has 0 bridgehead atoms. The highest BCUT2D eigenvalue weighted by molar-refractivity contribution is 7.98. The predicted octanol–water partition coefficient (Wildman–Crippen LogP) is 1.79. The quantitative estimate of drug-likeness (QED) is 0.822. The molecule has 0 saturated heterocycles. The molecule has 5 nitrogen and oxygen atoms in total. The van der Waals surface area contributed by atoms with Crippen molar-refractivity contribution < 1.29 is 14.7 Å². The van der Waals surface area contributed by atoms with E-state index in [9.17, 15) is 9.59 Å². The van der Waals surface area contributed by atoms with Gasteiger partial charge in [-0.3, -0.25) is 9.59 Å². The molecule has 1 aliphatic carbocycles. The summed E-state index contributed by atoms with van der Waals surface area (Å²) in [5.74, 6) is -1.28. The Bertz CT molecular complexity index is 493. The number of carbonyl (C=O) groups is 2. The fraction of sp³-hybridized carbons (Fsp3) is 0.462. The minimum absolute atomic E-state index is 0.0523. The first-order valence-electron chi connectivity index (χ1n) is 6.14. The molecule has 19 heavy (non-hydrogen) atoms. The van der Waals surface area contributed by atoms with Crippen molar-refractivity contribution in [2.24, 2.45) is 5.92 Å². The Balaban J connectivity index is 2.00. The monoisotopic (exact) mass is 280 g/mol. The van der Waals surface area contributed by atoms with E-state index in [1.165, 1.54) is 11.8 Å². The van der Waals surface area contributed by atoms with Gasteiger partial charge in [-0.15, -0.1) is 11.8 Å². The average molecular weight is 280 g/mol. The molecule has 1 amide bonds. The molecular weight excluding hydrogens is 264 g/mol. The van der Waals surface area contributed by atoms with Crippen LogP contribution >= 0.6 is 11.8 Å². The number of amides is 1. The summed E-state index contributed by atoms with van der Waals surface area (Å²) < 4.78 is 0. The van der Waals surface area contributed by atoms with Gasteiger partial charge in [0.1, 0.15) is 5.03 Å². The van der Waals surface area contributed by atoms with Crippen molar-refractivity contribution in [1.29, 1.82) is 0 Å². The molecule has 0 aliphatic heterocycles. The number of hydrogen-bond donors (Lipinski definition) is 2. The zero-order valence-corrected chi connectivity index (χ0v) is 11.4. The van der Waals surface area contributed by atoms with E-state index in [4.69, 9.17) is 5.11 Å². The standard InChI is InChI=1S/C13H16N2O3S/c1-19-12-10(3-2-6-14-12)11(16)15-9-5-4-8(7-9)13(17)18/h2-3,6,8-9H,4-5,7H2,1H3,(H,15,16)(H,17,18). The third-order valence-electron chi connectivity index (χ3n) is 3.33. The van der Waals surface area contributed by atoms with Crippen molar-refractivity contribution in [2.75, 3.05) is 6.26 Å². The van der Waals surface area contributed by atoms with Gasteiger partial charge in [-0.1, -0.05) is 0 Å². The third-order valence-corrected chi connectivity index (χ3v) is 4.04. The second-order valence-corrected chi connectivity index (χ2v) is 5.37. The number of rotatable bonds is 4. The van der Waals surface area contributed by atoms with E-state index in [1.807, 2.05) is 6.26 Å². The van der Waals surface area contributed by atoms with E-state index in [-0.39, 0.29) is 17.9 Å². The van der Waals surface area contributed by atoms with Crippen molar-refractivity contribution in [2.45, 2.75) is 30.3 Å². The molecule has 0 aromatic carbocycles. The smallest absolute Gasteiger partial charge is 0.306 e. The lowest BCUT2D eigenvalue weighted by atomic mass is 10.1. The summed E-state index contributed by atoms with van der Waals surface area (Å²) in [5, 5.41) is 12.5. The SMILES string of the molecule is CSc1ncccc1C(=O)NC1CCC(C(=O)O)C1. The van der Waals surface area contributed by atoms with Gasteiger partial charge in [-0.05, 0) is 37.7 Å². The molecule has 0 radical (unpaired) electrons. The van der Waals surface area contributed by atoms with E-state index in [1.54, 1.807) is 18.3 Å². The molecule has 102 valence electrons. The minimum atomic E-state index is -0.775. The maximum atomic E-state index is 12.1. The van der Waals surface area contributed by atoms with Gasteiger partial charge in [0.25, 0.3) is 5.91 Å². The number of nitrogens with zero attached hydrogens (tertiary/aromatic N) is 1. The van der Waals surface area contributed by atoms with Crippen LogP contribution in [-0.4, -0.2) is 34.3 Å². The van der Waals surface area contributed by atoms with Crippen LogP contribution < -0.4 is 5.32 Å². The number of carbonyl (C=O) groups excluding carboxylic acids is 1. The number of pyridine rings is 1. The van der Waals surface area contributed by atoms with Crippen LogP contribution in [0.4, 0.5) is 0 Å². The highest BCUT2D eigenvalue weighted by Gasteiger charge is 2.30. The summed E-state index contributed by atoms with van der Waals surface area (Å²) in [7, 11) is 0. The van der Waals surface area contributed by atoms with Gasteiger partial charge < -0.3 is 10.4 Å². The predicted molar refractivity (Wildman–Crippen MR) is 72.2 cm³/mol. The summed E-state index contributed by atoms with van der Waals surface area (Å²) in [5.41, 5.74) is 0.550. The summed E-state index contributed by atoms with van der Waals surface area (Å²) in [6, 6.07) is 3.41. The Morgan fingerprint density at radius 2 is 2.26 bits per heavy atom. The molecular formula is C13H16N2O3S. The van der Waals surface area contributed by atoms with Crippen molar-refractivity contribution in [3.8, 4) is 0 Å². The number of thioether (sulfide) groups is 1. The highest BCUT2D eigenvalue weighted by atomic mass is 32.2. The Hall–Kier alpha value is -1.56. The van der Waals surface area contributed by atoms with E-state index in [2.05, 4.69) is 10.3 Å². The van der Waals surface area contributed by atoms with Crippen LogP contribution in [0.1, 0.15) is 29.6 Å². The Labute approximate surface area is 115 Å². The normalized spacial score (nSPS) is 22.2. The first-order chi connectivity index (χ1) is 9.11. The first-order valence-corrected chi connectivity index (χ1v) is 7.37. The average Bonchev–Trinajstić information content (AvgIpc) is 2.87. The van der Waals surface area contributed by atoms with Crippen molar-refractivity contribution >= 4 is 23.6 Å². The molecule has 1 aromatic rings. The molecule has 2 N–H and O–H groups in total. The highest BCUT2D eigenvalue weighted by Crippen LogP contribution is 2.26. The number of aromatic nitrogens is 1. The van der Waals surface area contributed by atoms with Gasteiger partial charge in [-0.25, -0.2) is 4.98 Å². The molecule has 2 unspecified atom stereocenters. The fourth-order valence-corrected chi connectivity index (χ4v) is 2.87. The Morgan fingerprint density at radius 1 is 1.47 bits per heavy atom. The summed E-state index contributed by atoms with van der Waals surface area (Å²) >= 11 is 1.42. The number of nitrogens with one attached hydrogen (secondary N) is 1. The third kappa shape index (κ3) is 3.26. The Kier molecular flexibility index (Phi) is 4.42. The lowest BCUT2D eigenvalue weighted by Crippen LogP contribution is -2.33. The van der Waals surface area contributed by atoms with Gasteiger partial charge in [0.05, 0.1) is 11.5 Å². The Morgan fingerprint density at radius 3 is 2.89 bits per heavy atom. The van der Waals surface area contributed by atoms with E-state index in [0.29, 0.717) is 23.4 Å². The van der Waals surface area contributed by atoms with Crippen LogP contribution in [0.3, 0.4) is 0 Å². The van der Waals surface area contributed by atoms with Crippen LogP contribution in [0, 0.1) is 5.92 Å². The summed E-state index contributed by atoms with van der Waals surface area (Å²) in [6.45, 7) is 0. The lowest BCUT2D eigenvalue weighted by molar-refractivity contribution is -0.141. The van der Waals surface area contributed by atoms with E-state index in [0.717, 1.165) is 6.42 Å². The molecule has 2 rings (SSSR count). The lowest BCUT2D eigenvalue weighted by Gasteiger charge is -2.13. The van der Waals surface area contributed by atoms with Crippen molar-refractivity contribution in [1.82, 2.24) is 10.3 Å². The molecule has 0 spiro atoms. The van der Waals surface area contributed by atoms with Gasteiger partial charge in [0, 0.05) is 12.2 Å². The zero-order chi connectivity index (χ0) is 13.8. The zero-order valence-electron chi connectivity index (χ0n) is 10.6. The van der Waals surface area contributed by atoms with Gasteiger partial charge in [0.2, 0.25) is 0 Å². The van der Waals surface area contributed by atoms with Crippen LogP contribution in [-0.2, 0) is 4.79 Å². The second-order valence-electron chi connectivity index (χ2n) is 4.58. The molecule has 6 heteroatoms. The second kappa shape index (κ2) is 6.06. The number of hydrogen-bond acceptors (Lipinski definition) is 4. The van der Waals surface area contributed by atoms with Gasteiger partial charge >= 0.3 is 5.97 Å². The summed E-state index contributed by atoms with van der Waals surface area (Å²) in [4.78, 5) is 27.2. The van der Waals surface area contributed by atoms with Crippen LogP contribution in [0.2, 0.25) is 0 Å². The first kappa shape index (κ1) is 13.9. The van der Waals surface area contributed by atoms with Crippen molar-refractivity contribution in [3.63, 3.8) is 0 Å². The van der Waals surface area contributed by atoms with Gasteiger partial charge in [-0.2, -0.15) is 0 Å². The van der Waals surface area contributed by atoms with Gasteiger partial charge in [0.15, 0.2) is 0 Å². The molecule has 1 aromatic heterocycles. The molecule has 1 heterocycles. The topological polar surface area (TPSA) is 79.3 Å². The molecule has 1 aliphatic rings. The van der Waals surface area contributed by atoms with Crippen LogP contribution in [0.15, 0.2) is 23.4 Å². The largest absolute Gasteiger partial charge is 0.481 e. The van der Waals surface area contributed by atoms with Crippen molar-refractivity contribution in [3.05, 3.63) is 23.9 Å². The minimum Gasteiger partial charge on any atom is -0.481 e. The maximum Gasteiger partial charge on any atom is 0.306 e. The maximum absolute atomic E-state index is 12.1. The van der Waals surface area contributed by atoms with Crippen LogP contribution in [0.5, 0.6) is 0 Å². The summed E-state index contributed by atoms with van der Waals surface area (Å²) in [6.07, 6.45) is 5.38. The number of carboxylic acids is 1. The van der Waals surface area contributed by atoms with E-state index >= 15 is 0 Å². The number of carboxylic acid groups (broad SMARTS) is 1. The fourth-order valence-electron chi connectivity index (χ4n) is 2.33. The number of aliphatic carboxylic acids is 1.